The third-order valence-corrected chi connectivity index (χ3v) is 5.35. The Bertz CT molecular complexity index is 726. The lowest BCUT2D eigenvalue weighted by Crippen LogP contribution is -2.38. The first-order valence-electron chi connectivity index (χ1n) is 8.09. The molecule has 1 amide bonds. The summed E-state index contributed by atoms with van der Waals surface area (Å²) in [5.74, 6) is 1.99. The number of para-hydroxylation sites is 1. The standard InChI is InChI=1S/C17H19N3O2S/c1-11-10-20(13-4-2-3-5-14(13)23-11)16(21)9-8-15-18-17(19-22-15)12-6-7-12/h2-5,11-12H,6-10H2,1H3/t11-/m1/s1. The average Bonchev–Trinajstić information content (AvgIpc) is 3.30. The van der Waals surface area contributed by atoms with E-state index in [2.05, 4.69) is 23.1 Å². The number of thioether (sulfide) groups is 1. The van der Waals surface area contributed by atoms with E-state index in [1.807, 2.05) is 34.9 Å². The molecule has 0 radical (unpaired) electrons. The van der Waals surface area contributed by atoms with E-state index in [-0.39, 0.29) is 5.91 Å². The van der Waals surface area contributed by atoms with Gasteiger partial charge in [0, 0.05) is 35.4 Å². The number of hydrogen-bond acceptors (Lipinski definition) is 5. The van der Waals surface area contributed by atoms with E-state index in [1.54, 1.807) is 0 Å². The number of aryl methyl sites for hydroxylation is 1. The first-order chi connectivity index (χ1) is 11.2. The fraction of sp³-hybridized carbons (Fsp3) is 0.471. The fourth-order valence-corrected chi connectivity index (χ4v) is 3.96. The Labute approximate surface area is 139 Å². The third kappa shape index (κ3) is 3.13. The topological polar surface area (TPSA) is 59.2 Å². The lowest BCUT2D eigenvalue weighted by molar-refractivity contribution is -0.118. The number of amides is 1. The second kappa shape index (κ2) is 6.00. The largest absolute Gasteiger partial charge is 0.339 e. The normalized spacial score (nSPS) is 20.4. The summed E-state index contributed by atoms with van der Waals surface area (Å²) in [6, 6.07) is 8.10. The molecule has 1 aromatic heterocycles. The number of aromatic nitrogens is 2. The molecule has 0 bridgehead atoms. The van der Waals surface area contributed by atoms with Crippen LogP contribution >= 0.6 is 11.8 Å². The van der Waals surface area contributed by atoms with Gasteiger partial charge in [-0.15, -0.1) is 11.8 Å². The minimum atomic E-state index is 0.121. The zero-order chi connectivity index (χ0) is 15.8. The summed E-state index contributed by atoms with van der Waals surface area (Å²) >= 11 is 1.83. The molecule has 1 aliphatic carbocycles. The van der Waals surface area contributed by atoms with Gasteiger partial charge in [-0.05, 0) is 25.0 Å². The van der Waals surface area contributed by atoms with E-state index in [0.717, 1.165) is 30.9 Å². The average molecular weight is 329 g/mol. The maximum atomic E-state index is 12.7. The van der Waals surface area contributed by atoms with Crippen molar-refractivity contribution in [2.45, 2.75) is 48.7 Å². The van der Waals surface area contributed by atoms with Gasteiger partial charge in [-0.3, -0.25) is 4.79 Å². The van der Waals surface area contributed by atoms with E-state index >= 15 is 0 Å². The molecule has 1 aliphatic heterocycles. The van der Waals surface area contributed by atoms with Gasteiger partial charge in [0.2, 0.25) is 11.8 Å². The number of benzene rings is 1. The Hall–Kier alpha value is -1.82. The van der Waals surface area contributed by atoms with Crippen molar-refractivity contribution < 1.29 is 9.32 Å². The molecule has 1 aromatic carbocycles. The summed E-state index contributed by atoms with van der Waals surface area (Å²) in [4.78, 5) is 20.1. The van der Waals surface area contributed by atoms with Gasteiger partial charge < -0.3 is 9.42 Å². The van der Waals surface area contributed by atoms with Crippen molar-refractivity contribution in [3.63, 3.8) is 0 Å². The van der Waals surface area contributed by atoms with Crippen LogP contribution < -0.4 is 4.90 Å². The lowest BCUT2D eigenvalue weighted by Gasteiger charge is -2.32. The molecule has 4 rings (SSSR count). The van der Waals surface area contributed by atoms with Crippen molar-refractivity contribution in [2.75, 3.05) is 11.4 Å². The van der Waals surface area contributed by atoms with E-state index in [1.165, 1.54) is 4.90 Å². The summed E-state index contributed by atoms with van der Waals surface area (Å²) in [5, 5.41) is 4.40. The smallest absolute Gasteiger partial charge is 0.227 e. The molecule has 5 nitrogen and oxygen atoms in total. The highest BCUT2D eigenvalue weighted by Crippen LogP contribution is 2.39. The number of nitrogens with zero attached hydrogens (tertiary/aromatic N) is 3. The van der Waals surface area contributed by atoms with Crippen LogP contribution in [0.15, 0.2) is 33.7 Å². The number of carbonyl (C=O) groups excluding carboxylic acids is 1. The first-order valence-corrected chi connectivity index (χ1v) is 8.97. The Morgan fingerprint density at radius 3 is 3.04 bits per heavy atom. The molecule has 2 aliphatic rings. The number of hydrogen-bond donors (Lipinski definition) is 0. The first kappa shape index (κ1) is 14.8. The van der Waals surface area contributed by atoms with Gasteiger partial charge in [-0.1, -0.05) is 24.2 Å². The summed E-state index contributed by atoms with van der Waals surface area (Å²) in [6.07, 6.45) is 3.22. The molecule has 6 heteroatoms. The molecule has 2 aromatic rings. The van der Waals surface area contributed by atoms with Crippen LogP contribution in [0.2, 0.25) is 0 Å². The van der Waals surface area contributed by atoms with Crippen molar-refractivity contribution in [2.24, 2.45) is 0 Å². The van der Waals surface area contributed by atoms with Crippen molar-refractivity contribution in [3.8, 4) is 0 Å². The molecule has 2 heterocycles. The molecule has 1 atom stereocenters. The third-order valence-electron chi connectivity index (χ3n) is 4.20. The highest BCUT2D eigenvalue weighted by molar-refractivity contribution is 8.00. The Kier molecular flexibility index (Phi) is 3.85. The van der Waals surface area contributed by atoms with Crippen LogP contribution in [0.4, 0.5) is 5.69 Å². The van der Waals surface area contributed by atoms with Crippen LogP contribution in [0.3, 0.4) is 0 Å². The SMILES string of the molecule is C[C@@H]1CN(C(=O)CCc2nc(C3CC3)no2)c2ccccc2S1. The zero-order valence-corrected chi connectivity index (χ0v) is 13.9. The van der Waals surface area contributed by atoms with Crippen LogP contribution in [-0.2, 0) is 11.2 Å². The van der Waals surface area contributed by atoms with Gasteiger partial charge in [0.15, 0.2) is 5.82 Å². The summed E-state index contributed by atoms with van der Waals surface area (Å²) in [6.45, 7) is 2.90. The minimum Gasteiger partial charge on any atom is -0.339 e. The molecule has 1 fully saturated rings. The number of carbonyl (C=O) groups is 1. The van der Waals surface area contributed by atoms with E-state index in [0.29, 0.717) is 29.9 Å². The minimum absolute atomic E-state index is 0.121. The maximum Gasteiger partial charge on any atom is 0.227 e. The van der Waals surface area contributed by atoms with Crippen molar-refractivity contribution in [3.05, 3.63) is 36.0 Å². The van der Waals surface area contributed by atoms with Gasteiger partial charge in [-0.2, -0.15) is 4.98 Å². The quantitative estimate of drug-likeness (QED) is 0.860. The van der Waals surface area contributed by atoms with Crippen LogP contribution in [0.5, 0.6) is 0 Å². The van der Waals surface area contributed by atoms with Crippen LogP contribution in [0.25, 0.3) is 0 Å². The maximum absolute atomic E-state index is 12.7. The molecule has 1 saturated carbocycles. The van der Waals surface area contributed by atoms with Crippen molar-refractivity contribution in [1.29, 1.82) is 0 Å². The number of fused-ring (bicyclic) bond motifs is 1. The monoisotopic (exact) mass is 329 g/mol. The van der Waals surface area contributed by atoms with Gasteiger partial charge in [-0.25, -0.2) is 0 Å². The second-order valence-corrected chi connectivity index (χ2v) is 7.70. The number of anilines is 1. The van der Waals surface area contributed by atoms with Gasteiger partial charge in [0.1, 0.15) is 0 Å². The summed E-state index contributed by atoms with van der Waals surface area (Å²) in [5.41, 5.74) is 1.02. The zero-order valence-electron chi connectivity index (χ0n) is 13.1. The van der Waals surface area contributed by atoms with E-state index < -0.39 is 0 Å². The lowest BCUT2D eigenvalue weighted by atomic mass is 10.2. The van der Waals surface area contributed by atoms with E-state index in [4.69, 9.17) is 4.52 Å². The molecule has 0 spiro atoms. The molecule has 0 saturated heterocycles. The van der Waals surface area contributed by atoms with Gasteiger partial charge >= 0.3 is 0 Å². The molecular formula is C17H19N3O2S. The molecule has 23 heavy (non-hydrogen) atoms. The Morgan fingerprint density at radius 1 is 1.39 bits per heavy atom. The van der Waals surface area contributed by atoms with Crippen molar-refractivity contribution in [1.82, 2.24) is 10.1 Å². The van der Waals surface area contributed by atoms with Gasteiger partial charge in [0.05, 0.1) is 5.69 Å². The van der Waals surface area contributed by atoms with Gasteiger partial charge in [0.25, 0.3) is 0 Å². The molecule has 0 unspecified atom stereocenters. The summed E-state index contributed by atoms with van der Waals surface area (Å²) < 4.78 is 5.26. The predicted octanol–water partition coefficient (Wildman–Crippen LogP) is 3.41. The van der Waals surface area contributed by atoms with E-state index in [9.17, 15) is 4.79 Å². The molecular weight excluding hydrogens is 310 g/mol. The highest BCUT2D eigenvalue weighted by atomic mass is 32.2. The Morgan fingerprint density at radius 2 is 2.22 bits per heavy atom. The Balaban J connectivity index is 1.44. The fourth-order valence-electron chi connectivity index (χ4n) is 2.85. The highest BCUT2D eigenvalue weighted by Gasteiger charge is 2.29. The van der Waals surface area contributed by atoms with Crippen molar-refractivity contribution >= 4 is 23.4 Å². The summed E-state index contributed by atoms with van der Waals surface area (Å²) in [7, 11) is 0. The molecule has 0 N–H and O–H groups in total. The van der Waals surface area contributed by atoms with Crippen LogP contribution in [-0.4, -0.2) is 27.8 Å². The van der Waals surface area contributed by atoms with Crippen LogP contribution in [0.1, 0.15) is 43.8 Å². The second-order valence-electron chi connectivity index (χ2n) is 6.22. The predicted molar refractivity (Wildman–Crippen MR) is 88.7 cm³/mol. The molecule has 120 valence electrons. The number of rotatable bonds is 4. The van der Waals surface area contributed by atoms with Crippen LogP contribution in [0, 0.1) is 0 Å².